The van der Waals surface area contributed by atoms with E-state index in [0.29, 0.717) is 12.1 Å². The minimum Gasteiger partial charge on any atom is -0.258 e. The molecule has 108 valence electrons. The largest absolute Gasteiger partial charge is 0.446 e. The number of thioether (sulfide) groups is 1. The van der Waals surface area contributed by atoms with E-state index in [1.54, 1.807) is 0 Å². The van der Waals surface area contributed by atoms with Gasteiger partial charge in [0.05, 0.1) is 10.5 Å². The number of hydrogen-bond donors (Lipinski definition) is 0. The van der Waals surface area contributed by atoms with Gasteiger partial charge in [0, 0.05) is 16.7 Å². The fourth-order valence-corrected chi connectivity index (χ4v) is 3.70. The van der Waals surface area contributed by atoms with E-state index in [4.69, 9.17) is 15.9 Å². The first-order chi connectivity index (χ1) is 8.97. The normalized spacial score (nSPS) is 11.9. The van der Waals surface area contributed by atoms with Crippen LogP contribution >= 0.6 is 22.4 Å². The maximum absolute atomic E-state index is 12.4. The molecule has 6 nitrogen and oxygen atoms in total. The summed E-state index contributed by atoms with van der Waals surface area (Å²) in [7, 11) is 0.191. The van der Waals surface area contributed by atoms with Gasteiger partial charge in [-0.2, -0.15) is 18.4 Å². The number of hydrogen-bond acceptors (Lipinski definition) is 6. The third-order valence-corrected chi connectivity index (χ3v) is 4.22. The molecule has 1 aromatic rings. The van der Waals surface area contributed by atoms with E-state index in [9.17, 15) is 31.7 Å². The Morgan fingerprint density at radius 3 is 2.30 bits per heavy atom. The molecule has 0 saturated heterocycles. The summed E-state index contributed by atoms with van der Waals surface area (Å²) >= 11 is -1.02. The van der Waals surface area contributed by atoms with Crippen molar-refractivity contribution in [2.75, 3.05) is 0 Å². The molecule has 0 heterocycles. The van der Waals surface area contributed by atoms with Gasteiger partial charge in [-0.25, -0.2) is 8.42 Å². The summed E-state index contributed by atoms with van der Waals surface area (Å²) in [5, 5.41) is 19.4. The van der Waals surface area contributed by atoms with Gasteiger partial charge in [-0.05, 0) is 17.8 Å². The molecule has 0 fully saturated rings. The van der Waals surface area contributed by atoms with Gasteiger partial charge in [0.15, 0.2) is 0 Å². The molecule has 0 unspecified atom stereocenters. The Labute approximate surface area is 118 Å². The molecule has 0 aromatic heterocycles. The smallest absolute Gasteiger partial charge is 0.258 e. The Morgan fingerprint density at radius 2 is 1.95 bits per heavy atom. The first-order valence-corrected chi connectivity index (χ1v) is 7.52. The van der Waals surface area contributed by atoms with Crippen molar-refractivity contribution in [1.82, 2.24) is 0 Å². The molecule has 0 radical (unpaired) electrons. The fourth-order valence-electron chi connectivity index (χ4n) is 1.24. The standard InChI is InChI=1S/C8H2ClF3N2O4S2/c9-20(17,18)7-4(3-13)1-2-5(14(15)16)6(7)19-8(10,11)12/h1-2H. The van der Waals surface area contributed by atoms with Crippen LogP contribution in [0.15, 0.2) is 21.9 Å². The van der Waals surface area contributed by atoms with Crippen molar-refractivity contribution < 1.29 is 26.5 Å². The quantitative estimate of drug-likeness (QED) is 0.361. The Balaban J connectivity index is 3.81. The molecular weight excluding hydrogens is 345 g/mol. The lowest BCUT2D eigenvalue weighted by molar-refractivity contribution is -0.388. The molecule has 1 rings (SSSR count). The molecule has 20 heavy (non-hydrogen) atoms. The van der Waals surface area contributed by atoms with Gasteiger partial charge in [-0.1, -0.05) is 0 Å². The van der Waals surface area contributed by atoms with Crippen molar-refractivity contribution in [3.05, 3.63) is 27.8 Å². The van der Waals surface area contributed by atoms with Crippen LogP contribution in [0.4, 0.5) is 18.9 Å². The molecule has 1 aromatic carbocycles. The van der Waals surface area contributed by atoms with Crippen molar-refractivity contribution >= 4 is 37.2 Å². The number of halogens is 4. The lowest BCUT2D eigenvalue weighted by Gasteiger charge is -2.10. The highest BCUT2D eigenvalue weighted by Crippen LogP contribution is 2.46. The summed E-state index contributed by atoms with van der Waals surface area (Å²) in [5.74, 6) is 0. The zero-order valence-electron chi connectivity index (χ0n) is 9.01. The lowest BCUT2D eigenvalue weighted by Crippen LogP contribution is -2.07. The van der Waals surface area contributed by atoms with E-state index in [-0.39, 0.29) is 0 Å². The average molecular weight is 347 g/mol. The highest BCUT2D eigenvalue weighted by atomic mass is 35.7. The van der Waals surface area contributed by atoms with Crippen LogP contribution in [0.5, 0.6) is 0 Å². The van der Waals surface area contributed by atoms with Crippen LogP contribution < -0.4 is 0 Å². The molecule has 0 aliphatic heterocycles. The minimum atomic E-state index is -4.99. The van der Waals surface area contributed by atoms with E-state index in [1.807, 2.05) is 0 Å². The summed E-state index contributed by atoms with van der Waals surface area (Å²) < 4.78 is 59.8. The maximum Gasteiger partial charge on any atom is 0.446 e. The summed E-state index contributed by atoms with van der Waals surface area (Å²) in [4.78, 5) is 7.03. The summed E-state index contributed by atoms with van der Waals surface area (Å²) in [5.41, 5.74) is -6.81. The first-order valence-electron chi connectivity index (χ1n) is 4.39. The van der Waals surface area contributed by atoms with Crippen LogP contribution in [-0.2, 0) is 9.05 Å². The topological polar surface area (TPSA) is 101 Å². The minimum absolute atomic E-state index is 0.609. The predicted molar refractivity (Wildman–Crippen MR) is 62.8 cm³/mol. The Hall–Kier alpha value is -1.51. The molecule has 0 N–H and O–H groups in total. The Kier molecular flexibility index (Phi) is 4.52. The van der Waals surface area contributed by atoms with E-state index < -0.39 is 52.3 Å². The number of nitrogens with zero attached hydrogens (tertiary/aromatic N) is 2. The van der Waals surface area contributed by atoms with Crippen molar-refractivity contribution in [3.8, 4) is 6.07 Å². The van der Waals surface area contributed by atoms with Gasteiger partial charge in [-0.3, -0.25) is 10.1 Å². The monoisotopic (exact) mass is 346 g/mol. The van der Waals surface area contributed by atoms with Crippen molar-refractivity contribution in [1.29, 1.82) is 5.26 Å². The summed E-state index contributed by atoms with van der Waals surface area (Å²) in [6.07, 6.45) is 0. The van der Waals surface area contributed by atoms with Crippen LogP contribution in [0.25, 0.3) is 0 Å². The lowest BCUT2D eigenvalue weighted by atomic mass is 10.2. The van der Waals surface area contributed by atoms with Crippen LogP contribution in [0.3, 0.4) is 0 Å². The van der Waals surface area contributed by atoms with Gasteiger partial charge in [0.25, 0.3) is 14.7 Å². The van der Waals surface area contributed by atoms with Gasteiger partial charge in [-0.15, -0.1) is 0 Å². The highest BCUT2D eigenvalue weighted by molar-refractivity contribution is 8.14. The zero-order valence-corrected chi connectivity index (χ0v) is 11.4. The Bertz CT molecular complexity index is 712. The molecule has 0 aliphatic rings. The second kappa shape index (κ2) is 5.47. The SMILES string of the molecule is N#Cc1ccc([N+](=O)[O-])c(SC(F)(F)F)c1S(=O)(=O)Cl. The van der Waals surface area contributed by atoms with Gasteiger partial charge >= 0.3 is 5.51 Å². The van der Waals surface area contributed by atoms with E-state index >= 15 is 0 Å². The van der Waals surface area contributed by atoms with Crippen molar-refractivity contribution in [3.63, 3.8) is 0 Å². The van der Waals surface area contributed by atoms with Crippen LogP contribution in [0.1, 0.15) is 5.56 Å². The maximum atomic E-state index is 12.4. The number of nitriles is 1. The zero-order chi connectivity index (χ0) is 15.7. The van der Waals surface area contributed by atoms with Gasteiger partial charge in [0.2, 0.25) is 0 Å². The molecule has 0 saturated carbocycles. The fraction of sp³-hybridized carbons (Fsp3) is 0.125. The van der Waals surface area contributed by atoms with Gasteiger partial charge in [0.1, 0.15) is 15.9 Å². The third-order valence-electron chi connectivity index (χ3n) is 1.87. The molecule has 12 heteroatoms. The number of alkyl halides is 3. The van der Waals surface area contributed by atoms with Crippen LogP contribution in [-0.4, -0.2) is 18.8 Å². The first kappa shape index (κ1) is 16.5. The van der Waals surface area contributed by atoms with E-state index in [0.717, 1.165) is 0 Å². The molecule has 0 spiro atoms. The van der Waals surface area contributed by atoms with Crippen molar-refractivity contribution in [2.24, 2.45) is 0 Å². The van der Waals surface area contributed by atoms with E-state index in [2.05, 4.69) is 0 Å². The number of nitro groups is 1. The molecule has 0 amide bonds. The van der Waals surface area contributed by atoms with Crippen LogP contribution in [0.2, 0.25) is 0 Å². The highest BCUT2D eigenvalue weighted by Gasteiger charge is 2.38. The second-order valence-electron chi connectivity index (χ2n) is 3.15. The summed E-state index contributed by atoms with van der Waals surface area (Å²) in [6, 6.07) is 2.65. The number of benzene rings is 1. The van der Waals surface area contributed by atoms with Crippen LogP contribution in [0, 0.1) is 21.4 Å². The number of rotatable bonds is 3. The Morgan fingerprint density at radius 1 is 1.40 bits per heavy atom. The number of nitro benzene ring substituents is 1. The predicted octanol–water partition coefficient (Wildman–Crippen LogP) is 3.01. The molecular formula is C8H2ClF3N2O4S2. The van der Waals surface area contributed by atoms with Gasteiger partial charge < -0.3 is 0 Å². The van der Waals surface area contributed by atoms with Crippen molar-refractivity contribution in [2.45, 2.75) is 15.3 Å². The molecule has 0 bridgehead atoms. The van der Waals surface area contributed by atoms with E-state index in [1.165, 1.54) is 6.07 Å². The average Bonchev–Trinajstić information content (AvgIpc) is 2.23. The molecule has 0 atom stereocenters. The third kappa shape index (κ3) is 3.75. The molecule has 0 aliphatic carbocycles. The summed E-state index contributed by atoms with van der Waals surface area (Å²) in [6.45, 7) is 0. The second-order valence-corrected chi connectivity index (χ2v) is 6.72.